The Morgan fingerprint density at radius 1 is 1.00 bits per heavy atom. The molecular weight excluding hydrogens is 236 g/mol. The quantitative estimate of drug-likeness (QED) is 0.770. The lowest BCUT2D eigenvalue weighted by Gasteiger charge is -2.68. The molecule has 0 saturated heterocycles. The topological polar surface area (TPSA) is 60.2 Å². The number of nitrogens with two attached hydrogens (primary N) is 1. The number of alkyl halides is 2. The van der Waals surface area contributed by atoms with Crippen LogP contribution in [0.3, 0.4) is 0 Å². The standard InChI is InChI=1S/C10H15F2NO2S/c11-10(12)5-9(6-10)3-8(4-9)1-7(2-8)16(13,14)15/h7H,1-6H2,(H2,13,14,15). The van der Waals surface area contributed by atoms with Crippen molar-refractivity contribution >= 4 is 10.0 Å². The predicted octanol–water partition coefficient (Wildman–Crippen LogP) is 1.63. The Hall–Kier alpha value is -0.230. The van der Waals surface area contributed by atoms with Crippen molar-refractivity contribution in [1.29, 1.82) is 0 Å². The minimum Gasteiger partial charge on any atom is -0.228 e. The summed E-state index contributed by atoms with van der Waals surface area (Å²) in [6.45, 7) is 0. The highest BCUT2D eigenvalue weighted by Gasteiger charge is 2.69. The highest BCUT2D eigenvalue weighted by Crippen LogP contribution is 2.74. The minimum atomic E-state index is -3.41. The summed E-state index contributed by atoms with van der Waals surface area (Å²) < 4.78 is 47.7. The van der Waals surface area contributed by atoms with Gasteiger partial charge >= 0.3 is 0 Å². The van der Waals surface area contributed by atoms with Crippen LogP contribution in [-0.4, -0.2) is 19.6 Å². The summed E-state index contributed by atoms with van der Waals surface area (Å²) in [4.78, 5) is 0. The van der Waals surface area contributed by atoms with E-state index in [4.69, 9.17) is 5.14 Å². The number of primary sulfonamides is 1. The fourth-order valence-corrected chi connectivity index (χ4v) is 5.43. The van der Waals surface area contributed by atoms with Crippen LogP contribution in [0, 0.1) is 10.8 Å². The molecule has 0 bridgehead atoms. The Kier molecular flexibility index (Phi) is 1.78. The molecule has 3 aliphatic carbocycles. The van der Waals surface area contributed by atoms with Gasteiger partial charge in [0.15, 0.2) is 0 Å². The highest BCUT2D eigenvalue weighted by molar-refractivity contribution is 7.89. The molecule has 6 heteroatoms. The van der Waals surface area contributed by atoms with Gasteiger partial charge in [0.05, 0.1) is 5.25 Å². The van der Waals surface area contributed by atoms with Gasteiger partial charge in [-0.2, -0.15) is 0 Å². The van der Waals surface area contributed by atoms with E-state index < -0.39 is 21.2 Å². The van der Waals surface area contributed by atoms with Crippen LogP contribution in [0.5, 0.6) is 0 Å². The van der Waals surface area contributed by atoms with Gasteiger partial charge in [0, 0.05) is 12.8 Å². The molecule has 0 atom stereocenters. The molecular formula is C10H15F2NO2S. The van der Waals surface area contributed by atoms with E-state index >= 15 is 0 Å². The second-order valence-electron chi connectivity index (χ2n) is 6.18. The zero-order chi connectivity index (χ0) is 11.8. The van der Waals surface area contributed by atoms with E-state index in [1.165, 1.54) is 0 Å². The summed E-state index contributed by atoms with van der Waals surface area (Å²) in [6.07, 6.45) is 2.73. The molecule has 0 heterocycles. The number of sulfonamides is 1. The predicted molar refractivity (Wildman–Crippen MR) is 54.4 cm³/mol. The van der Waals surface area contributed by atoms with Crippen LogP contribution < -0.4 is 5.14 Å². The first-order chi connectivity index (χ1) is 7.14. The summed E-state index contributed by atoms with van der Waals surface area (Å²) in [5.41, 5.74) is -0.125. The number of rotatable bonds is 1. The summed E-state index contributed by atoms with van der Waals surface area (Å²) >= 11 is 0. The van der Waals surface area contributed by atoms with Crippen molar-refractivity contribution in [3.63, 3.8) is 0 Å². The Bertz CT molecular complexity index is 422. The van der Waals surface area contributed by atoms with Crippen molar-refractivity contribution in [2.45, 2.75) is 49.7 Å². The molecule has 0 aromatic heterocycles. The Morgan fingerprint density at radius 3 is 1.88 bits per heavy atom. The third-order valence-electron chi connectivity index (χ3n) is 4.55. The molecule has 0 aromatic carbocycles. The number of hydrogen-bond acceptors (Lipinski definition) is 2. The summed E-state index contributed by atoms with van der Waals surface area (Å²) in [7, 11) is -3.41. The molecule has 16 heavy (non-hydrogen) atoms. The van der Waals surface area contributed by atoms with Crippen molar-refractivity contribution < 1.29 is 17.2 Å². The van der Waals surface area contributed by atoms with Gasteiger partial charge in [0.2, 0.25) is 15.9 Å². The van der Waals surface area contributed by atoms with E-state index in [1.54, 1.807) is 0 Å². The second-order valence-corrected chi connectivity index (χ2v) is 8.03. The van der Waals surface area contributed by atoms with E-state index in [1.807, 2.05) is 0 Å². The average molecular weight is 251 g/mol. The Morgan fingerprint density at radius 2 is 1.50 bits per heavy atom. The van der Waals surface area contributed by atoms with Crippen molar-refractivity contribution in [2.75, 3.05) is 0 Å². The normalized spacial score (nSPS) is 34.2. The smallest absolute Gasteiger partial charge is 0.228 e. The van der Waals surface area contributed by atoms with Crippen LogP contribution in [-0.2, 0) is 10.0 Å². The zero-order valence-corrected chi connectivity index (χ0v) is 9.69. The fourth-order valence-electron chi connectivity index (χ4n) is 4.26. The Balaban J connectivity index is 1.57. The lowest BCUT2D eigenvalue weighted by atomic mass is 9.39. The molecule has 0 radical (unpaired) electrons. The fraction of sp³-hybridized carbons (Fsp3) is 1.00. The van der Waals surface area contributed by atoms with Crippen LogP contribution in [0.25, 0.3) is 0 Å². The lowest BCUT2D eigenvalue weighted by molar-refractivity contribution is -0.245. The van der Waals surface area contributed by atoms with Crippen LogP contribution in [0.4, 0.5) is 8.78 Å². The van der Waals surface area contributed by atoms with Crippen LogP contribution >= 0.6 is 0 Å². The Labute approximate surface area is 93.4 Å². The molecule has 2 N–H and O–H groups in total. The SMILES string of the molecule is NS(=O)(=O)C1CC2(C1)CC1(CC(F)(F)C1)C2. The summed E-state index contributed by atoms with van der Waals surface area (Å²) in [5, 5.41) is 4.62. The molecule has 3 nitrogen and oxygen atoms in total. The molecule has 0 aliphatic heterocycles. The van der Waals surface area contributed by atoms with Gasteiger partial charge in [-0.05, 0) is 36.5 Å². The van der Waals surface area contributed by atoms with E-state index in [0.29, 0.717) is 12.8 Å². The summed E-state index contributed by atoms with van der Waals surface area (Å²) in [5.74, 6) is -2.47. The van der Waals surface area contributed by atoms with E-state index in [-0.39, 0.29) is 23.7 Å². The maximum Gasteiger partial charge on any atom is 0.249 e. The first kappa shape index (κ1) is 10.9. The minimum absolute atomic E-state index is 0.00178. The van der Waals surface area contributed by atoms with Gasteiger partial charge in [-0.25, -0.2) is 22.3 Å². The lowest BCUT2D eigenvalue weighted by Crippen LogP contribution is -2.64. The maximum absolute atomic E-state index is 12.8. The monoisotopic (exact) mass is 251 g/mol. The number of hydrogen-bond donors (Lipinski definition) is 1. The van der Waals surface area contributed by atoms with E-state index in [2.05, 4.69) is 0 Å². The molecule has 3 fully saturated rings. The molecule has 92 valence electrons. The van der Waals surface area contributed by atoms with Gasteiger partial charge in [-0.3, -0.25) is 0 Å². The van der Waals surface area contributed by atoms with Crippen LogP contribution in [0.2, 0.25) is 0 Å². The molecule has 0 aromatic rings. The van der Waals surface area contributed by atoms with Crippen LogP contribution in [0.1, 0.15) is 38.5 Å². The maximum atomic E-state index is 12.8. The average Bonchev–Trinajstić information content (AvgIpc) is 1.86. The molecule has 3 saturated carbocycles. The van der Waals surface area contributed by atoms with Crippen molar-refractivity contribution in [2.24, 2.45) is 16.0 Å². The molecule has 0 amide bonds. The van der Waals surface area contributed by atoms with Gasteiger partial charge in [0.25, 0.3) is 0 Å². The van der Waals surface area contributed by atoms with Crippen molar-refractivity contribution in [3.05, 3.63) is 0 Å². The summed E-state index contributed by atoms with van der Waals surface area (Å²) in [6, 6.07) is 0. The van der Waals surface area contributed by atoms with Gasteiger partial charge in [-0.15, -0.1) is 0 Å². The van der Waals surface area contributed by atoms with Gasteiger partial charge < -0.3 is 0 Å². The van der Waals surface area contributed by atoms with E-state index in [0.717, 1.165) is 12.8 Å². The molecule has 0 unspecified atom stereocenters. The first-order valence-electron chi connectivity index (χ1n) is 5.53. The van der Waals surface area contributed by atoms with E-state index in [9.17, 15) is 17.2 Å². The molecule has 3 rings (SSSR count). The first-order valence-corrected chi connectivity index (χ1v) is 7.14. The van der Waals surface area contributed by atoms with Gasteiger partial charge in [0.1, 0.15) is 0 Å². The second kappa shape index (κ2) is 2.61. The van der Waals surface area contributed by atoms with Crippen molar-refractivity contribution in [3.8, 4) is 0 Å². The zero-order valence-electron chi connectivity index (χ0n) is 8.88. The van der Waals surface area contributed by atoms with Crippen molar-refractivity contribution in [1.82, 2.24) is 0 Å². The third-order valence-corrected chi connectivity index (χ3v) is 5.82. The highest BCUT2D eigenvalue weighted by atomic mass is 32.2. The largest absolute Gasteiger partial charge is 0.249 e. The van der Waals surface area contributed by atoms with Gasteiger partial charge in [-0.1, -0.05) is 0 Å². The van der Waals surface area contributed by atoms with Crippen LogP contribution in [0.15, 0.2) is 0 Å². The molecule has 3 aliphatic rings. The number of halogens is 2. The third kappa shape index (κ3) is 1.42. The molecule has 2 spiro atoms.